The third-order valence-electron chi connectivity index (χ3n) is 5.26. The average Bonchev–Trinajstić information content (AvgIpc) is 2.94. The number of nitrogens with zero attached hydrogens (tertiary/aromatic N) is 4. The number of alkyl halides is 1. The Labute approximate surface area is 178 Å². The molecule has 16 heteroatoms. The molecule has 1 unspecified atom stereocenters. The minimum absolute atomic E-state index is 0.0460. The number of imidazole rings is 1. The maximum absolute atomic E-state index is 15.5. The molecule has 2 aromatic rings. The fourth-order valence-corrected chi connectivity index (χ4v) is 4.53. The fourth-order valence-electron chi connectivity index (χ4n) is 3.72. The summed E-state index contributed by atoms with van der Waals surface area (Å²) in [5.74, 6) is -3.73. The summed E-state index contributed by atoms with van der Waals surface area (Å²) in [5.41, 5.74) is 1.78. The molecule has 2 fully saturated rings. The lowest BCUT2D eigenvalue weighted by molar-refractivity contribution is -0.167. The molecular weight excluding hydrogens is 464 g/mol. The van der Waals surface area contributed by atoms with Crippen LogP contribution in [0.25, 0.3) is 11.2 Å². The Kier molecular flexibility index (Phi) is 5.05. The van der Waals surface area contributed by atoms with Gasteiger partial charge in [0.15, 0.2) is 29.0 Å². The topological polar surface area (TPSA) is 192 Å². The number of esters is 1. The van der Waals surface area contributed by atoms with Crippen LogP contribution in [0.15, 0.2) is 6.33 Å². The number of carbonyl (C=O) groups is 1. The van der Waals surface area contributed by atoms with Crippen LogP contribution in [-0.2, 0) is 29.3 Å². The summed E-state index contributed by atoms with van der Waals surface area (Å²) in [7, 11) is -5.14. The van der Waals surface area contributed by atoms with E-state index in [-0.39, 0.29) is 28.9 Å². The van der Waals surface area contributed by atoms with Gasteiger partial charge < -0.3 is 34.8 Å². The Morgan fingerprint density at radius 3 is 2.74 bits per heavy atom. The normalized spacial score (nSPS) is 33.3. The molecular formula is C15H18ClFN5O8P. The number of aliphatic hydroxyl groups is 1. The molecule has 2 aromatic heterocycles. The third kappa shape index (κ3) is 3.21. The second-order valence-corrected chi connectivity index (χ2v) is 9.24. The number of nitrogens with two attached hydrogens (primary N) is 1. The first-order valence-electron chi connectivity index (χ1n) is 8.93. The number of aromatic nitrogens is 4. The van der Waals surface area contributed by atoms with Gasteiger partial charge in [0.2, 0.25) is 5.28 Å². The minimum Gasteiger partial charge on any atom is -0.464 e. The molecule has 1 saturated heterocycles. The molecule has 6 atom stereocenters. The van der Waals surface area contributed by atoms with Crippen LogP contribution in [0.4, 0.5) is 10.2 Å². The van der Waals surface area contributed by atoms with E-state index >= 15 is 4.39 Å². The van der Waals surface area contributed by atoms with Gasteiger partial charge in [0.25, 0.3) is 5.85 Å². The van der Waals surface area contributed by atoms with Crippen LogP contribution in [0.2, 0.25) is 5.28 Å². The highest BCUT2D eigenvalue weighted by Crippen LogP contribution is 2.61. The molecule has 13 nitrogen and oxygen atoms in total. The van der Waals surface area contributed by atoms with Gasteiger partial charge in [-0.05, 0) is 25.4 Å². The van der Waals surface area contributed by atoms with Gasteiger partial charge in [0, 0.05) is 0 Å². The van der Waals surface area contributed by atoms with Crippen molar-refractivity contribution in [1.29, 1.82) is 0 Å². The van der Waals surface area contributed by atoms with Crippen molar-refractivity contribution in [1.82, 2.24) is 19.5 Å². The summed E-state index contributed by atoms with van der Waals surface area (Å²) >= 11 is 5.82. The van der Waals surface area contributed by atoms with Gasteiger partial charge in [-0.25, -0.2) is 14.2 Å². The van der Waals surface area contributed by atoms with E-state index in [4.69, 9.17) is 26.8 Å². The smallest absolute Gasteiger partial charge is 0.365 e. The summed E-state index contributed by atoms with van der Waals surface area (Å²) in [5, 5.41) is 10.6. The quantitative estimate of drug-likeness (QED) is 0.239. The van der Waals surface area contributed by atoms with Gasteiger partial charge in [0.1, 0.15) is 17.7 Å². The van der Waals surface area contributed by atoms with Crippen molar-refractivity contribution in [2.24, 2.45) is 0 Å². The molecule has 3 heterocycles. The van der Waals surface area contributed by atoms with E-state index in [1.165, 1.54) is 24.7 Å². The van der Waals surface area contributed by atoms with Gasteiger partial charge in [-0.1, -0.05) is 0 Å². The van der Waals surface area contributed by atoms with Crippen molar-refractivity contribution in [3.05, 3.63) is 11.6 Å². The molecule has 5 N–H and O–H groups in total. The molecule has 0 amide bonds. The lowest BCUT2D eigenvalue weighted by Gasteiger charge is -2.32. The molecule has 0 spiro atoms. The van der Waals surface area contributed by atoms with Gasteiger partial charge in [-0.15, -0.1) is 0 Å². The Bertz CT molecular complexity index is 1110. The van der Waals surface area contributed by atoms with Gasteiger partial charge >= 0.3 is 13.6 Å². The molecule has 4 rings (SSSR count). The van der Waals surface area contributed by atoms with Crippen molar-refractivity contribution in [3.8, 4) is 0 Å². The van der Waals surface area contributed by atoms with Gasteiger partial charge in [-0.3, -0.25) is 9.13 Å². The van der Waals surface area contributed by atoms with Crippen LogP contribution in [0.3, 0.4) is 0 Å². The second kappa shape index (κ2) is 7.04. The van der Waals surface area contributed by atoms with E-state index in [2.05, 4.69) is 19.7 Å². The fraction of sp³-hybridized carbons (Fsp3) is 0.600. The third-order valence-corrected chi connectivity index (χ3v) is 6.38. The van der Waals surface area contributed by atoms with Gasteiger partial charge in [0.05, 0.1) is 12.9 Å². The van der Waals surface area contributed by atoms with Crippen molar-refractivity contribution < 1.29 is 42.9 Å². The molecule has 31 heavy (non-hydrogen) atoms. The van der Waals surface area contributed by atoms with Crippen LogP contribution >= 0.6 is 19.2 Å². The molecule has 170 valence electrons. The Balaban J connectivity index is 1.62. The van der Waals surface area contributed by atoms with Crippen molar-refractivity contribution in [2.45, 2.75) is 49.4 Å². The highest BCUT2D eigenvalue weighted by molar-refractivity contribution is 7.53. The summed E-state index contributed by atoms with van der Waals surface area (Å²) in [4.78, 5) is 42.4. The highest BCUT2D eigenvalue weighted by Gasteiger charge is 2.83. The predicted molar refractivity (Wildman–Crippen MR) is 100 cm³/mol. The number of rotatable bonds is 6. The number of hydrogen-bond donors (Lipinski definition) is 4. The first-order chi connectivity index (χ1) is 14.4. The zero-order chi connectivity index (χ0) is 22.9. The number of anilines is 1. The van der Waals surface area contributed by atoms with Crippen LogP contribution in [0.5, 0.6) is 0 Å². The minimum atomic E-state index is -5.14. The lowest BCUT2D eigenvalue weighted by atomic mass is 10.0. The molecule has 2 aliphatic rings. The van der Waals surface area contributed by atoms with E-state index < -0.39 is 49.1 Å². The highest BCUT2D eigenvalue weighted by atomic mass is 35.5. The molecule has 0 aromatic carbocycles. The molecule has 0 bridgehead atoms. The number of hydrogen-bond acceptors (Lipinski definition) is 10. The zero-order valence-electron chi connectivity index (χ0n) is 16.0. The maximum atomic E-state index is 15.5. The van der Waals surface area contributed by atoms with E-state index in [9.17, 15) is 24.3 Å². The Hall–Kier alpha value is -1.93. The molecule has 1 aliphatic carbocycles. The second-order valence-electron chi connectivity index (χ2n) is 7.26. The van der Waals surface area contributed by atoms with Crippen LogP contribution < -0.4 is 5.73 Å². The van der Waals surface area contributed by atoms with Crippen molar-refractivity contribution in [3.63, 3.8) is 0 Å². The molecule has 1 saturated carbocycles. The number of nitrogen functional groups attached to an aromatic ring is 1. The summed E-state index contributed by atoms with van der Waals surface area (Å²) < 4.78 is 43.6. The maximum Gasteiger partial charge on any atom is 0.365 e. The van der Waals surface area contributed by atoms with Crippen LogP contribution in [0.1, 0.15) is 13.8 Å². The first-order valence-corrected chi connectivity index (χ1v) is 11.0. The van der Waals surface area contributed by atoms with Crippen molar-refractivity contribution in [2.75, 3.05) is 12.3 Å². The zero-order valence-corrected chi connectivity index (χ0v) is 17.7. The Morgan fingerprint density at radius 2 is 2.19 bits per heavy atom. The number of fused-ring (bicyclic) bond motifs is 2. The van der Waals surface area contributed by atoms with E-state index in [1.807, 2.05) is 0 Å². The first kappa shape index (κ1) is 22.3. The largest absolute Gasteiger partial charge is 0.464 e. The summed E-state index contributed by atoms with van der Waals surface area (Å²) in [6, 6.07) is 0. The average molecular weight is 482 g/mol. The van der Waals surface area contributed by atoms with E-state index in [0.29, 0.717) is 0 Å². The lowest BCUT2D eigenvalue weighted by Crippen LogP contribution is -2.47. The van der Waals surface area contributed by atoms with Crippen LogP contribution in [0, 0.1) is 0 Å². The number of carbonyl (C=O) groups excluding carboxylic acids is 1. The summed E-state index contributed by atoms with van der Waals surface area (Å²) in [6.45, 7) is 2.56. The molecule has 1 aliphatic heterocycles. The van der Waals surface area contributed by atoms with Gasteiger partial charge in [-0.2, -0.15) is 9.97 Å². The monoisotopic (exact) mass is 481 g/mol. The van der Waals surface area contributed by atoms with Crippen molar-refractivity contribution >= 4 is 42.1 Å². The van der Waals surface area contributed by atoms with E-state index in [0.717, 1.165) is 0 Å². The Morgan fingerprint density at radius 1 is 1.52 bits per heavy atom. The predicted octanol–water partition coefficient (Wildman–Crippen LogP) is -0.332. The summed E-state index contributed by atoms with van der Waals surface area (Å²) in [6.07, 6.45) is -3.87. The van der Waals surface area contributed by atoms with Crippen LogP contribution in [-0.4, -0.2) is 76.8 Å². The van der Waals surface area contributed by atoms with E-state index in [1.54, 1.807) is 0 Å². The standard InChI is InChI=1S/C15H18ClFN5O8P/c1-3-28-10(23)11(31(25,26)27)29-6-7-15(6,24)12(17)14(2,30-7)22-4-19-5-8(18)20-13(16)21-9(5)22/h4,6-7,11-12,24H,3H2,1-2H3,(H2,18,20,21)(H2,25,26,27)/t6-,7+,11?,12+,14+,15+/m0/s1. The SMILES string of the molecule is CCOC(=O)C(O[C@H]1[C@H]2O[C@@](C)(n3cnc4c(N)nc(Cl)nc43)[C@@H](F)[C@]21O)P(=O)(O)O. The number of halogens is 2. The number of ether oxygens (including phenoxy) is 3. The molecule has 0 radical (unpaired) electrons.